The van der Waals surface area contributed by atoms with Gasteiger partial charge in [-0.3, -0.25) is 4.79 Å². The summed E-state index contributed by atoms with van der Waals surface area (Å²) in [5.41, 5.74) is 3.70. The molecule has 0 saturated heterocycles. The fraction of sp³-hybridized carbons (Fsp3) is 0. The van der Waals surface area contributed by atoms with Crippen LogP contribution in [0.5, 0.6) is 0 Å². The number of benzene rings is 4. The second-order valence-electron chi connectivity index (χ2n) is 7.20. The van der Waals surface area contributed by atoms with Crippen LogP contribution in [-0.4, -0.2) is 10.9 Å². The Hall–Kier alpha value is -3.21. The molecule has 3 nitrogen and oxygen atoms in total. The Morgan fingerprint density at radius 1 is 0.839 bits per heavy atom. The third-order valence-electron chi connectivity index (χ3n) is 5.19. The van der Waals surface area contributed by atoms with E-state index in [1.54, 1.807) is 0 Å². The van der Waals surface area contributed by atoms with Crippen molar-refractivity contribution in [2.45, 2.75) is 0 Å². The van der Waals surface area contributed by atoms with Crippen LogP contribution in [0.2, 0.25) is 5.02 Å². The molecule has 1 amide bonds. The first-order chi connectivity index (χ1) is 15.1. The van der Waals surface area contributed by atoms with Gasteiger partial charge in [0.1, 0.15) is 0 Å². The quantitative estimate of drug-likeness (QED) is 0.283. The van der Waals surface area contributed by atoms with Gasteiger partial charge in [-0.1, -0.05) is 76.1 Å². The van der Waals surface area contributed by atoms with Crippen LogP contribution in [0.3, 0.4) is 0 Å². The van der Waals surface area contributed by atoms with Gasteiger partial charge in [0.25, 0.3) is 5.91 Å². The number of anilines is 1. The van der Waals surface area contributed by atoms with Gasteiger partial charge >= 0.3 is 0 Å². The summed E-state index contributed by atoms with van der Waals surface area (Å²) in [4.78, 5) is 18.2. The molecule has 0 unspecified atom stereocenters. The van der Waals surface area contributed by atoms with Gasteiger partial charge in [0, 0.05) is 31.5 Å². The number of carbonyl (C=O) groups is 1. The number of pyridine rings is 1. The molecule has 0 aliphatic carbocycles. The lowest BCUT2D eigenvalue weighted by atomic mass is 10.0. The van der Waals surface area contributed by atoms with Gasteiger partial charge in [-0.05, 0) is 47.9 Å². The summed E-state index contributed by atoms with van der Waals surface area (Å²) in [5.74, 6) is -0.183. The van der Waals surface area contributed by atoms with Crippen LogP contribution < -0.4 is 5.32 Å². The fourth-order valence-corrected chi connectivity index (χ4v) is 4.17. The summed E-state index contributed by atoms with van der Waals surface area (Å²) in [6.07, 6.45) is 0. The Balaban J connectivity index is 1.64. The monoisotopic (exact) mass is 486 g/mol. The molecule has 1 aromatic heterocycles. The molecule has 5 aromatic rings. The predicted octanol–water partition coefficient (Wildman–Crippen LogP) is 7.72. The van der Waals surface area contributed by atoms with Crippen molar-refractivity contribution in [2.24, 2.45) is 0 Å². The van der Waals surface area contributed by atoms with E-state index in [2.05, 4.69) is 21.2 Å². The van der Waals surface area contributed by atoms with Gasteiger partial charge < -0.3 is 5.32 Å². The van der Waals surface area contributed by atoms with E-state index in [-0.39, 0.29) is 5.91 Å². The number of carbonyl (C=O) groups excluding carboxylic acids is 1. The van der Waals surface area contributed by atoms with Crippen molar-refractivity contribution in [3.63, 3.8) is 0 Å². The van der Waals surface area contributed by atoms with Gasteiger partial charge in [0.05, 0.1) is 16.8 Å². The van der Waals surface area contributed by atoms with E-state index in [4.69, 9.17) is 16.6 Å². The van der Waals surface area contributed by atoms with E-state index < -0.39 is 0 Å². The molecule has 1 heterocycles. The molecule has 4 aromatic carbocycles. The number of nitrogens with one attached hydrogen (secondary N) is 1. The van der Waals surface area contributed by atoms with Crippen LogP contribution in [0.25, 0.3) is 32.9 Å². The Morgan fingerprint density at radius 3 is 2.45 bits per heavy atom. The zero-order valence-corrected chi connectivity index (χ0v) is 18.6. The van der Waals surface area contributed by atoms with Crippen molar-refractivity contribution in [3.8, 4) is 11.3 Å². The van der Waals surface area contributed by atoms with Crippen molar-refractivity contribution in [3.05, 3.63) is 106 Å². The third-order valence-corrected chi connectivity index (χ3v) is 5.94. The third kappa shape index (κ3) is 3.92. The van der Waals surface area contributed by atoms with Gasteiger partial charge in [-0.25, -0.2) is 4.98 Å². The van der Waals surface area contributed by atoms with Crippen molar-refractivity contribution in [2.75, 3.05) is 5.32 Å². The minimum Gasteiger partial charge on any atom is -0.321 e. The average Bonchev–Trinajstić information content (AvgIpc) is 2.79. The molecular weight excluding hydrogens is 472 g/mol. The Bertz CT molecular complexity index is 1440. The van der Waals surface area contributed by atoms with Crippen LogP contribution in [0, 0.1) is 0 Å². The van der Waals surface area contributed by atoms with E-state index in [0.29, 0.717) is 10.6 Å². The van der Waals surface area contributed by atoms with Crippen molar-refractivity contribution in [1.29, 1.82) is 0 Å². The number of amides is 1. The van der Waals surface area contributed by atoms with Crippen LogP contribution in [0.1, 0.15) is 10.4 Å². The number of nitrogens with zero attached hydrogens (tertiary/aromatic N) is 1. The van der Waals surface area contributed by atoms with Crippen molar-refractivity contribution in [1.82, 2.24) is 4.98 Å². The van der Waals surface area contributed by atoms with Crippen LogP contribution in [0.15, 0.2) is 95.5 Å². The summed E-state index contributed by atoms with van der Waals surface area (Å²) >= 11 is 9.55. The first kappa shape index (κ1) is 19.7. The number of halogens is 2. The fourth-order valence-electron chi connectivity index (χ4n) is 3.68. The van der Waals surface area contributed by atoms with E-state index in [1.807, 2.05) is 91.0 Å². The van der Waals surface area contributed by atoms with Crippen LogP contribution in [-0.2, 0) is 0 Å². The first-order valence-electron chi connectivity index (χ1n) is 9.74. The number of aromatic nitrogens is 1. The molecule has 5 rings (SSSR count). The van der Waals surface area contributed by atoms with Gasteiger partial charge in [-0.2, -0.15) is 0 Å². The Morgan fingerprint density at radius 2 is 1.61 bits per heavy atom. The largest absolute Gasteiger partial charge is 0.321 e. The standard InChI is InChI=1S/C26H16BrClN2O/c27-18-10-13-24-21(14-18)22(15-25(29-24)17-8-11-19(28)12-9-17)26(31)30-23-7-3-5-16-4-1-2-6-20(16)23/h1-15H,(H,30,31). The Kier molecular flexibility index (Phi) is 5.18. The van der Waals surface area contributed by atoms with Gasteiger partial charge in [0.15, 0.2) is 0 Å². The van der Waals surface area contributed by atoms with Crippen molar-refractivity contribution < 1.29 is 4.79 Å². The maximum Gasteiger partial charge on any atom is 0.256 e. The van der Waals surface area contributed by atoms with Gasteiger partial charge in [0.2, 0.25) is 0 Å². The highest BCUT2D eigenvalue weighted by atomic mass is 79.9. The second kappa shape index (κ2) is 8.14. The molecule has 5 heteroatoms. The Labute approximate surface area is 192 Å². The molecule has 0 spiro atoms. The van der Waals surface area contributed by atoms with E-state index in [0.717, 1.165) is 43.1 Å². The van der Waals surface area contributed by atoms with Crippen LogP contribution >= 0.6 is 27.5 Å². The molecule has 0 fully saturated rings. The summed E-state index contributed by atoms with van der Waals surface area (Å²) < 4.78 is 0.889. The highest BCUT2D eigenvalue weighted by molar-refractivity contribution is 9.10. The molecule has 31 heavy (non-hydrogen) atoms. The summed E-state index contributed by atoms with van der Waals surface area (Å²) in [6.45, 7) is 0. The molecule has 0 atom stereocenters. The predicted molar refractivity (Wildman–Crippen MR) is 132 cm³/mol. The maximum absolute atomic E-state index is 13.4. The first-order valence-corrected chi connectivity index (χ1v) is 10.9. The van der Waals surface area contributed by atoms with E-state index in [1.165, 1.54) is 0 Å². The second-order valence-corrected chi connectivity index (χ2v) is 8.56. The number of hydrogen-bond acceptors (Lipinski definition) is 2. The van der Waals surface area contributed by atoms with E-state index >= 15 is 0 Å². The zero-order chi connectivity index (χ0) is 21.4. The topological polar surface area (TPSA) is 42.0 Å². The minimum absolute atomic E-state index is 0.183. The lowest BCUT2D eigenvalue weighted by molar-refractivity contribution is 0.102. The zero-order valence-electron chi connectivity index (χ0n) is 16.3. The lowest BCUT2D eigenvalue weighted by Crippen LogP contribution is -2.13. The molecule has 0 radical (unpaired) electrons. The van der Waals surface area contributed by atoms with Gasteiger partial charge in [-0.15, -0.1) is 0 Å². The summed E-state index contributed by atoms with van der Waals surface area (Å²) in [5, 5.41) is 6.60. The van der Waals surface area contributed by atoms with Crippen molar-refractivity contribution >= 4 is 60.8 Å². The maximum atomic E-state index is 13.4. The minimum atomic E-state index is -0.183. The normalized spacial score (nSPS) is 11.0. The number of rotatable bonds is 3. The average molecular weight is 488 g/mol. The van der Waals surface area contributed by atoms with E-state index in [9.17, 15) is 4.79 Å². The SMILES string of the molecule is O=C(Nc1cccc2ccccc12)c1cc(-c2ccc(Cl)cc2)nc2ccc(Br)cc12. The number of hydrogen-bond donors (Lipinski definition) is 1. The molecule has 0 aliphatic rings. The van der Waals surface area contributed by atoms with Crippen LogP contribution in [0.4, 0.5) is 5.69 Å². The summed E-state index contributed by atoms with van der Waals surface area (Å²) in [6, 6.07) is 28.9. The molecule has 0 aliphatic heterocycles. The number of fused-ring (bicyclic) bond motifs is 2. The molecule has 1 N–H and O–H groups in total. The lowest BCUT2D eigenvalue weighted by Gasteiger charge is -2.12. The molecule has 0 saturated carbocycles. The molecule has 0 bridgehead atoms. The smallest absolute Gasteiger partial charge is 0.256 e. The molecular formula is C26H16BrClN2O. The summed E-state index contributed by atoms with van der Waals surface area (Å²) in [7, 11) is 0. The highest BCUT2D eigenvalue weighted by Gasteiger charge is 2.16. The molecule has 150 valence electrons. The highest BCUT2D eigenvalue weighted by Crippen LogP contribution is 2.30.